The van der Waals surface area contributed by atoms with Crippen LogP contribution in [0.4, 0.5) is 0 Å². The molecular weight excluding hydrogens is 440 g/mol. The lowest BCUT2D eigenvalue weighted by Crippen LogP contribution is -2.55. The second kappa shape index (κ2) is 7.79. The molecule has 4 aliphatic carbocycles. The summed E-state index contributed by atoms with van der Waals surface area (Å²) >= 11 is 1.75. The van der Waals surface area contributed by atoms with Crippen LogP contribution >= 0.6 is 11.3 Å². The van der Waals surface area contributed by atoms with Gasteiger partial charge in [0, 0.05) is 10.3 Å². The van der Waals surface area contributed by atoms with Crippen LogP contribution in [0.15, 0.2) is 29.7 Å². The Morgan fingerprint density at radius 3 is 2.45 bits per heavy atom. The number of rotatable bonds is 3. The molecule has 3 fully saturated rings. The largest absolute Gasteiger partial charge is 0.411 e. The van der Waals surface area contributed by atoms with E-state index in [1.54, 1.807) is 11.3 Å². The quantitative estimate of drug-likeness (QED) is 0.345. The summed E-state index contributed by atoms with van der Waals surface area (Å²) in [4.78, 5) is 1.20. The van der Waals surface area contributed by atoms with Gasteiger partial charge in [0.1, 0.15) is 5.60 Å². The van der Waals surface area contributed by atoms with E-state index in [0.29, 0.717) is 17.4 Å². The molecule has 3 saturated carbocycles. The van der Waals surface area contributed by atoms with Crippen LogP contribution < -0.4 is 0 Å². The Morgan fingerprint density at radius 2 is 1.79 bits per heavy atom. The Balaban J connectivity index is 1.38. The average molecular weight is 487 g/mol. The molecule has 1 heterocycles. The molecule has 5 rings (SSSR count). The molecule has 0 saturated heterocycles. The zero-order valence-corrected chi connectivity index (χ0v) is 23.8. The second-order valence-electron chi connectivity index (χ2n) is 13.9. The lowest BCUT2D eigenvalue weighted by atomic mass is 9.45. The van der Waals surface area contributed by atoms with Crippen molar-refractivity contribution in [2.24, 2.45) is 34.5 Å². The normalized spacial score (nSPS) is 45.4. The number of hydrogen-bond acceptors (Lipinski definition) is 3. The van der Waals surface area contributed by atoms with Gasteiger partial charge in [-0.3, -0.25) is 0 Å². The molecule has 1 aromatic rings. The highest BCUT2D eigenvalue weighted by atomic mass is 32.1. The summed E-state index contributed by atoms with van der Waals surface area (Å²) in [6, 6.07) is 4.29. The van der Waals surface area contributed by atoms with E-state index in [4.69, 9.17) is 4.43 Å². The third-order valence-corrected chi connectivity index (χ3v) is 17.0. The molecule has 2 nitrogen and oxygen atoms in total. The van der Waals surface area contributed by atoms with Gasteiger partial charge in [0.25, 0.3) is 0 Å². The van der Waals surface area contributed by atoms with Gasteiger partial charge in [-0.05, 0) is 104 Å². The highest BCUT2D eigenvalue weighted by Crippen LogP contribution is 2.69. The van der Waals surface area contributed by atoms with E-state index in [1.807, 2.05) is 0 Å². The first-order valence-electron chi connectivity index (χ1n) is 13.5. The van der Waals surface area contributed by atoms with Crippen LogP contribution in [-0.2, 0) is 10.0 Å². The predicted octanol–water partition coefficient (Wildman–Crippen LogP) is 8.14. The average Bonchev–Trinajstić information content (AvgIpc) is 3.35. The van der Waals surface area contributed by atoms with E-state index >= 15 is 0 Å². The van der Waals surface area contributed by atoms with Crippen molar-refractivity contribution < 1.29 is 9.53 Å². The third-order valence-electron chi connectivity index (χ3n) is 11.5. The predicted molar refractivity (Wildman–Crippen MR) is 142 cm³/mol. The van der Waals surface area contributed by atoms with Crippen molar-refractivity contribution in [3.63, 3.8) is 0 Å². The first-order valence-corrected chi connectivity index (χ1v) is 17.2. The Bertz CT molecular complexity index is 901. The highest BCUT2D eigenvalue weighted by molar-refractivity contribution is 7.10. The Kier molecular flexibility index (Phi) is 5.73. The van der Waals surface area contributed by atoms with Crippen LogP contribution in [0.3, 0.4) is 0 Å². The Labute approximate surface area is 207 Å². The fourth-order valence-corrected chi connectivity index (χ4v) is 10.6. The summed E-state index contributed by atoms with van der Waals surface area (Å²) < 4.78 is 6.85. The SMILES string of the molecule is CC(C)(C)[Si](C)(C)OC1C=C[C@@]2(C)C(CC[C@@H]3[C@H]2CC[C@@]2(C)[C@H]3CCC2(O)c2cccs2)C1. The van der Waals surface area contributed by atoms with Gasteiger partial charge >= 0.3 is 0 Å². The lowest BCUT2D eigenvalue weighted by Gasteiger charge is -2.60. The molecular formula is C29H46O2SSi. The lowest BCUT2D eigenvalue weighted by molar-refractivity contribution is -0.141. The Hall–Kier alpha value is -0.423. The molecule has 4 aliphatic rings. The van der Waals surface area contributed by atoms with E-state index in [9.17, 15) is 5.11 Å². The molecule has 0 radical (unpaired) electrons. The fourth-order valence-electron chi connectivity index (χ4n) is 8.35. The molecule has 0 bridgehead atoms. The van der Waals surface area contributed by atoms with Crippen molar-refractivity contribution in [1.29, 1.82) is 0 Å². The minimum atomic E-state index is -1.76. The minimum Gasteiger partial charge on any atom is -0.411 e. The maximum atomic E-state index is 12.0. The highest BCUT2D eigenvalue weighted by Gasteiger charge is 2.65. The number of thiophene rings is 1. The van der Waals surface area contributed by atoms with E-state index in [1.165, 1.54) is 37.0 Å². The monoisotopic (exact) mass is 486 g/mol. The van der Waals surface area contributed by atoms with Gasteiger partial charge in [-0.25, -0.2) is 0 Å². The van der Waals surface area contributed by atoms with Crippen molar-refractivity contribution in [2.75, 3.05) is 0 Å². The maximum Gasteiger partial charge on any atom is 0.192 e. The number of hydrogen-bond donors (Lipinski definition) is 1. The summed E-state index contributed by atoms with van der Waals surface area (Å²) in [6.45, 7) is 16.8. The number of allylic oxidation sites excluding steroid dienone is 1. The summed E-state index contributed by atoms with van der Waals surface area (Å²) in [7, 11) is -1.76. The van der Waals surface area contributed by atoms with E-state index < -0.39 is 13.9 Å². The van der Waals surface area contributed by atoms with Crippen LogP contribution in [-0.4, -0.2) is 19.5 Å². The van der Waals surface area contributed by atoms with E-state index in [-0.39, 0.29) is 10.5 Å². The van der Waals surface area contributed by atoms with E-state index in [2.05, 4.69) is 77.4 Å². The standard InChI is InChI=1S/C29H46O2SSi/c1-26(2,3)33(6,7)31-21-12-15-27(4)20(19-21)10-11-22-23(27)13-16-28(5)24(22)14-17-29(28,30)25-9-8-18-32-25/h8-9,12,15,18,20-24,30H,10-11,13-14,16-17,19H2,1-7H3/t20?,21?,22-,23-,24+,27+,28+,29?/m1/s1. The van der Waals surface area contributed by atoms with Gasteiger partial charge in [0.15, 0.2) is 8.32 Å². The minimum absolute atomic E-state index is 0.0224. The maximum absolute atomic E-state index is 12.0. The second-order valence-corrected chi connectivity index (χ2v) is 19.6. The smallest absolute Gasteiger partial charge is 0.192 e. The van der Waals surface area contributed by atoms with Crippen LogP contribution in [0.25, 0.3) is 0 Å². The van der Waals surface area contributed by atoms with Gasteiger partial charge in [-0.15, -0.1) is 11.3 Å². The molecule has 1 N–H and O–H groups in total. The Morgan fingerprint density at radius 1 is 1.06 bits per heavy atom. The zero-order valence-electron chi connectivity index (χ0n) is 22.0. The molecule has 1 aromatic heterocycles. The van der Waals surface area contributed by atoms with Crippen molar-refractivity contribution in [2.45, 2.75) is 109 Å². The zero-order chi connectivity index (χ0) is 23.9. The topological polar surface area (TPSA) is 29.5 Å². The summed E-state index contributed by atoms with van der Waals surface area (Å²) in [5.74, 6) is 2.89. The van der Waals surface area contributed by atoms with Gasteiger partial charge in [-0.2, -0.15) is 0 Å². The van der Waals surface area contributed by atoms with Gasteiger partial charge in [0.2, 0.25) is 0 Å². The summed E-state index contributed by atoms with van der Waals surface area (Å²) in [5, 5.41) is 14.4. The fraction of sp³-hybridized carbons (Fsp3) is 0.793. The van der Waals surface area contributed by atoms with Gasteiger partial charge in [0.05, 0.1) is 6.10 Å². The van der Waals surface area contributed by atoms with Crippen molar-refractivity contribution in [3.8, 4) is 0 Å². The molecule has 0 spiro atoms. The van der Waals surface area contributed by atoms with E-state index in [0.717, 1.165) is 30.6 Å². The molecule has 3 unspecified atom stereocenters. The van der Waals surface area contributed by atoms with Crippen molar-refractivity contribution >= 4 is 19.7 Å². The molecule has 8 atom stereocenters. The van der Waals surface area contributed by atoms with Crippen LogP contribution in [0.2, 0.25) is 18.1 Å². The molecule has 0 aliphatic heterocycles. The van der Waals surface area contributed by atoms with Crippen LogP contribution in [0.1, 0.15) is 84.4 Å². The van der Waals surface area contributed by atoms with Crippen molar-refractivity contribution in [1.82, 2.24) is 0 Å². The molecule has 33 heavy (non-hydrogen) atoms. The van der Waals surface area contributed by atoms with Gasteiger partial charge in [-0.1, -0.05) is 52.8 Å². The molecule has 0 aromatic carbocycles. The third kappa shape index (κ3) is 3.52. The van der Waals surface area contributed by atoms with Crippen LogP contribution in [0.5, 0.6) is 0 Å². The van der Waals surface area contributed by atoms with Crippen LogP contribution in [0, 0.1) is 34.5 Å². The molecule has 4 heteroatoms. The molecule has 0 amide bonds. The summed E-state index contributed by atoms with van der Waals surface area (Å²) in [6.07, 6.45) is 13.8. The molecule has 184 valence electrons. The van der Waals surface area contributed by atoms with Gasteiger partial charge < -0.3 is 9.53 Å². The first-order chi connectivity index (χ1) is 15.3. The number of fused-ring (bicyclic) bond motifs is 5. The summed E-state index contributed by atoms with van der Waals surface area (Å²) in [5.41, 5.74) is -0.311. The van der Waals surface area contributed by atoms with Crippen molar-refractivity contribution in [3.05, 3.63) is 34.5 Å². The first kappa shape index (κ1) is 24.3. The number of aliphatic hydroxyl groups is 1.